The van der Waals surface area contributed by atoms with Crippen molar-refractivity contribution in [1.29, 1.82) is 0 Å². The third-order valence-electron chi connectivity index (χ3n) is 12.9. The lowest BCUT2D eigenvalue weighted by Crippen LogP contribution is -2.30. The Balaban J connectivity index is 0.000000203. The van der Waals surface area contributed by atoms with Gasteiger partial charge in [-0.2, -0.15) is 0 Å². The second-order valence-electron chi connectivity index (χ2n) is 16.9. The maximum absolute atomic E-state index is 4.17. The maximum Gasteiger partial charge on any atom is 0.0713 e. The summed E-state index contributed by atoms with van der Waals surface area (Å²) in [5, 5.41) is 0. The van der Waals surface area contributed by atoms with Crippen molar-refractivity contribution >= 4 is 17.2 Å². The molecule has 0 N–H and O–H groups in total. The Morgan fingerprint density at radius 2 is 1.23 bits per heavy atom. The topological polar surface area (TPSA) is 0 Å². The number of terminal acetylenes is 1. The third kappa shape index (κ3) is 9.27. The zero-order valence-corrected chi connectivity index (χ0v) is 38.2. The van der Waals surface area contributed by atoms with Crippen molar-refractivity contribution in [3.05, 3.63) is 268 Å². The molecule has 2 aliphatic rings. The smallest absolute Gasteiger partial charge is 0.0713 e. The minimum Gasteiger partial charge on any atom is -0.124 e. The fourth-order valence-electron chi connectivity index (χ4n) is 9.70. The normalized spacial score (nSPS) is 16.2. The van der Waals surface area contributed by atoms with E-state index in [2.05, 4.69) is 260 Å². The van der Waals surface area contributed by atoms with E-state index >= 15 is 0 Å². The van der Waals surface area contributed by atoms with Gasteiger partial charge in [0.2, 0.25) is 0 Å². The molecule has 2 aliphatic carbocycles. The highest BCUT2D eigenvalue weighted by Crippen LogP contribution is 2.56. The number of rotatable bonds is 9. The summed E-state index contributed by atoms with van der Waals surface area (Å²) < 4.78 is 0. The van der Waals surface area contributed by atoms with Crippen molar-refractivity contribution < 1.29 is 0 Å². The fraction of sp³-hybridized carbons (Fsp3) is 0.156. The molecule has 7 aromatic carbocycles. The Morgan fingerprint density at radius 3 is 1.95 bits per heavy atom. The largest absolute Gasteiger partial charge is 0.124 e. The number of fused-ring (bicyclic) bond motifs is 6. The van der Waals surface area contributed by atoms with Gasteiger partial charge in [-0.3, -0.25) is 0 Å². The van der Waals surface area contributed by atoms with Gasteiger partial charge in [0.25, 0.3) is 0 Å². The standard InChI is InChI=1S/C38H34.C24H24.C2H2/c1-5-6-7-17-33-24-32-14-9-11-19-36(32)38(33)35-18-10-8-13-31(35)22-27(4)34-25-30(20-21-37(34)38)29-16-12-15-28(23-29)26(2)3;1-3-21(19(2)22-12-6-4-7-13-22)17-20-11-10-16-24(18-20)23-14-8-5-9-15-23;1-2/h5-21,23-25,27H,2,22H2,1,3-4H3;4-16,18H,3,17H2,1-2H3;1-2H/b6-5-,17-7-;21-19+;. The molecular weight excluding hydrogens is 769 g/mol. The molecule has 7 aromatic rings. The number of hydrogen-bond donors (Lipinski definition) is 0. The quantitative estimate of drug-likeness (QED) is 0.100. The average molecular weight is 829 g/mol. The number of hydrogen-bond acceptors (Lipinski definition) is 0. The summed E-state index contributed by atoms with van der Waals surface area (Å²) in [6.45, 7) is 15.2. The van der Waals surface area contributed by atoms with Crippen LogP contribution in [0.5, 0.6) is 0 Å². The van der Waals surface area contributed by atoms with Crippen LogP contribution in [0.1, 0.15) is 97.0 Å². The summed E-state index contributed by atoms with van der Waals surface area (Å²) in [4.78, 5) is 0. The summed E-state index contributed by atoms with van der Waals surface area (Å²) in [7, 11) is 0. The first kappa shape index (κ1) is 44.8. The monoisotopic (exact) mass is 828 g/mol. The predicted octanol–water partition coefficient (Wildman–Crippen LogP) is 16.9. The first-order valence-corrected chi connectivity index (χ1v) is 22.6. The molecule has 316 valence electrons. The highest BCUT2D eigenvalue weighted by Gasteiger charge is 2.47. The lowest BCUT2D eigenvalue weighted by Gasteiger charge is -2.36. The van der Waals surface area contributed by atoms with Gasteiger partial charge < -0.3 is 0 Å². The Morgan fingerprint density at radius 1 is 0.625 bits per heavy atom. The summed E-state index contributed by atoms with van der Waals surface area (Å²) in [5.74, 6) is 0.392. The zero-order chi connectivity index (χ0) is 45.1. The zero-order valence-electron chi connectivity index (χ0n) is 38.2. The van der Waals surface area contributed by atoms with Crippen molar-refractivity contribution in [2.75, 3.05) is 0 Å². The van der Waals surface area contributed by atoms with E-state index in [4.69, 9.17) is 0 Å². The van der Waals surface area contributed by atoms with Crippen LogP contribution in [0, 0.1) is 12.8 Å². The van der Waals surface area contributed by atoms with Gasteiger partial charge in [0.1, 0.15) is 0 Å². The van der Waals surface area contributed by atoms with Crippen LogP contribution in [0.2, 0.25) is 0 Å². The summed E-state index contributed by atoms with van der Waals surface area (Å²) in [6, 6.07) is 64.3. The van der Waals surface area contributed by atoms with Gasteiger partial charge in [-0.1, -0.05) is 226 Å². The molecule has 2 atom stereocenters. The van der Waals surface area contributed by atoms with Gasteiger partial charge >= 0.3 is 0 Å². The predicted molar refractivity (Wildman–Crippen MR) is 278 cm³/mol. The minimum atomic E-state index is -0.344. The van der Waals surface area contributed by atoms with Gasteiger partial charge in [-0.15, -0.1) is 12.8 Å². The highest BCUT2D eigenvalue weighted by atomic mass is 14.5. The number of benzene rings is 7. The molecule has 1 spiro atoms. The van der Waals surface area contributed by atoms with Crippen LogP contribution in [0.25, 0.3) is 39.5 Å². The molecule has 0 nitrogen and oxygen atoms in total. The van der Waals surface area contributed by atoms with Crippen LogP contribution >= 0.6 is 0 Å². The second kappa shape index (κ2) is 20.8. The van der Waals surface area contributed by atoms with E-state index in [0.29, 0.717) is 5.92 Å². The molecule has 0 heteroatoms. The average Bonchev–Trinajstić information content (AvgIpc) is 3.63. The van der Waals surface area contributed by atoms with E-state index in [-0.39, 0.29) is 5.41 Å². The molecule has 9 rings (SSSR count). The van der Waals surface area contributed by atoms with E-state index < -0.39 is 0 Å². The number of allylic oxidation sites excluding steroid dienone is 8. The molecule has 0 fully saturated rings. The minimum absolute atomic E-state index is 0.344. The van der Waals surface area contributed by atoms with Crippen molar-refractivity contribution in [3.63, 3.8) is 0 Å². The van der Waals surface area contributed by atoms with Gasteiger partial charge in [0.15, 0.2) is 0 Å². The first-order valence-electron chi connectivity index (χ1n) is 22.6. The molecule has 0 amide bonds. The molecule has 0 aliphatic heterocycles. The molecule has 0 saturated carbocycles. The molecule has 0 aromatic heterocycles. The van der Waals surface area contributed by atoms with Crippen molar-refractivity contribution in [2.24, 2.45) is 0 Å². The molecule has 2 unspecified atom stereocenters. The van der Waals surface area contributed by atoms with Crippen molar-refractivity contribution in [2.45, 2.75) is 65.2 Å². The Labute approximate surface area is 383 Å². The molecule has 64 heavy (non-hydrogen) atoms. The van der Waals surface area contributed by atoms with Crippen molar-refractivity contribution in [1.82, 2.24) is 0 Å². The van der Waals surface area contributed by atoms with Crippen LogP contribution in [-0.2, 0) is 18.3 Å². The van der Waals surface area contributed by atoms with E-state index in [1.165, 1.54) is 89.0 Å². The summed E-state index contributed by atoms with van der Waals surface area (Å²) in [6.07, 6.45) is 22.2. The lowest BCUT2D eigenvalue weighted by atomic mass is 9.65. The second-order valence-corrected chi connectivity index (χ2v) is 16.9. The van der Waals surface area contributed by atoms with Crippen LogP contribution in [0.15, 0.2) is 218 Å². The highest BCUT2D eigenvalue weighted by molar-refractivity contribution is 5.82. The molecule has 0 radical (unpaired) electrons. The van der Waals surface area contributed by atoms with E-state index in [1.54, 1.807) is 0 Å². The molecule has 0 bridgehead atoms. The van der Waals surface area contributed by atoms with Gasteiger partial charge in [-0.25, -0.2) is 0 Å². The van der Waals surface area contributed by atoms with Crippen molar-refractivity contribution in [3.8, 4) is 35.1 Å². The van der Waals surface area contributed by atoms with Crippen LogP contribution in [0.3, 0.4) is 0 Å². The molecular formula is C64H60. The van der Waals surface area contributed by atoms with E-state index in [0.717, 1.165) is 24.8 Å². The summed E-state index contributed by atoms with van der Waals surface area (Å²) in [5.41, 5.74) is 22.3. The Bertz CT molecular complexity index is 2870. The Hall–Kier alpha value is -7.20. The maximum atomic E-state index is 4.17. The lowest BCUT2D eigenvalue weighted by molar-refractivity contribution is 0.744. The van der Waals surface area contributed by atoms with Crippen LogP contribution in [-0.4, -0.2) is 0 Å². The Kier molecular flexibility index (Phi) is 14.6. The van der Waals surface area contributed by atoms with Crippen LogP contribution in [0.4, 0.5) is 0 Å². The van der Waals surface area contributed by atoms with Gasteiger partial charge in [0, 0.05) is 0 Å². The SMILES string of the molecule is C#C.C=C(C)c1cccc(-c2ccc3c(c2)C(C)Cc2ccccc2C32C(/C=C\C=C/C)=Cc3ccccc32)c1.CC/C(Cc1cccc(-c2ccccc2)c1)=C(/C)c1ccccc1. The first-order chi connectivity index (χ1) is 31.3. The third-order valence-corrected chi connectivity index (χ3v) is 12.9. The summed E-state index contributed by atoms with van der Waals surface area (Å²) >= 11 is 0. The van der Waals surface area contributed by atoms with Gasteiger partial charge in [-0.05, 0) is 142 Å². The van der Waals surface area contributed by atoms with Gasteiger partial charge in [0.05, 0.1) is 5.41 Å². The molecule has 0 saturated heterocycles. The fourth-order valence-corrected chi connectivity index (χ4v) is 9.70. The molecule has 0 heterocycles. The van der Waals surface area contributed by atoms with E-state index in [9.17, 15) is 0 Å². The van der Waals surface area contributed by atoms with E-state index in [1.807, 2.05) is 0 Å². The van der Waals surface area contributed by atoms with Crippen LogP contribution < -0.4 is 0 Å².